The van der Waals surface area contributed by atoms with Crippen LogP contribution in [0.3, 0.4) is 0 Å². The summed E-state index contributed by atoms with van der Waals surface area (Å²) in [5.74, 6) is -0.901. The smallest absolute Gasteiger partial charge is 0.390 e. The number of hydrogen-bond acceptors (Lipinski definition) is 35. The second kappa shape index (κ2) is 29.8. The number of nitrogens with one attached hydrogen (secondary N) is 4. The van der Waals surface area contributed by atoms with Crippen LogP contribution in [0, 0.1) is 13.8 Å². The number of aliphatic hydroxyl groups is 1. The van der Waals surface area contributed by atoms with Gasteiger partial charge in [-0.05, 0) is 19.9 Å². The van der Waals surface area contributed by atoms with Gasteiger partial charge in [0.1, 0.15) is 98.5 Å². The van der Waals surface area contributed by atoms with E-state index in [1.165, 1.54) is 36.9 Å². The van der Waals surface area contributed by atoms with Crippen molar-refractivity contribution in [1.82, 2.24) is 67.7 Å². The van der Waals surface area contributed by atoms with Crippen molar-refractivity contribution in [2.45, 2.75) is 138 Å². The summed E-state index contributed by atoms with van der Waals surface area (Å²) in [6, 6.07) is 1.24. The lowest BCUT2D eigenvalue weighted by Gasteiger charge is -2.25. The summed E-state index contributed by atoms with van der Waals surface area (Å²) in [7, 11) is -25.1. The van der Waals surface area contributed by atoms with Crippen LogP contribution in [0.2, 0.25) is 0 Å². The Bertz CT molecular complexity index is 5040. The van der Waals surface area contributed by atoms with Gasteiger partial charge in [0.15, 0.2) is 22.3 Å². The van der Waals surface area contributed by atoms with Crippen LogP contribution in [0.4, 0.5) is 17.7 Å². The molecule has 0 bridgehead atoms. The van der Waals surface area contributed by atoms with Crippen molar-refractivity contribution in [2.24, 2.45) is 0 Å². The number of aliphatic hydroxyl groups excluding tert-OH is 1. The third-order valence-corrected chi connectivity index (χ3v) is 21.0. The topological polar surface area (TPSA) is 686 Å². The Kier molecular flexibility index (Phi) is 21.8. The molecule has 560 valence electrons. The molecule has 5 unspecified atom stereocenters. The molecule has 5 fully saturated rings. The molecule has 5 aliphatic heterocycles. The first kappa shape index (κ1) is 75.2. The van der Waals surface area contributed by atoms with Crippen LogP contribution in [-0.4, -0.2) is 191 Å². The summed E-state index contributed by atoms with van der Waals surface area (Å²) in [5, 5.41) is 10.8. The second-order valence-electron chi connectivity index (χ2n) is 23.6. The highest BCUT2D eigenvalue weighted by molar-refractivity contribution is 7.48. The second-order valence-corrected chi connectivity index (χ2v) is 30.0. The molecule has 103 heavy (non-hydrogen) atoms. The van der Waals surface area contributed by atoms with Crippen molar-refractivity contribution >= 4 is 79.6 Å². The molecule has 12 rings (SSSR count). The van der Waals surface area contributed by atoms with Crippen molar-refractivity contribution in [1.29, 1.82) is 0 Å². The van der Waals surface area contributed by atoms with E-state index in [2.05, 4.69) is 44.9 Å². The number of aromatic nitrogens is 14. The molecule has 20 atom stereocenters. The first-order valence-corrected chi connectivity index (χ1v) is 37.5. The molecule has 5 aliphatic rings. The molecule has 7 aromatic heterocycles. The Morgan fingerprint density at radius 3 is 1.24 bits per heavy atom. The molecule has 0 aromatic carbocycles. The SMILES string of the molecule is Cc1cn([C@H]2C[C@H](OP(=O)(O)OC[C@H]3O[C@@H](n4cnc5c(=O)[nH]c(N)nc54)C[C@@H]3OP(=O)(O)OC[C@H]3O[C@@H](n4cnc5c(=O)[nH]c(N)nc54)C[C@@H]3OP(=O)(O)OC[C@H]3O[C@@H](n4cc(C)c(=O)[nH]c4=O)C[C@@H]3O)[C@@H](COP(=O)(O)O[C@H]3C[C@H](n4ccc(N)nc4=O)O[C@@H]3CO[P+](=O)O)O2)c(=O)[nH]c1=O. The van der Waals surface area contributed by atoms with Gasteiger partial charge < -0.3 is 65.6 Å². The van der Waals surface area contributed by atoms with E-state index in [0.29, 0.717) is 0 Å². The first-order valence-electron chi connectivity index (χ1n) is 30.3. The van der Waals surface area contributed by atoms with Crippen molar-refractivity contribution in [2.75, 3.05) is 50.2 Å². The number of hydrogen-bond donors (Lipinski definition) is 13. The molecule has 0 spiro atoms. The number of phosphoric ester groups is 4. The van der Waals surface area contributed by atoms with Crippen LogP contribution in [-0.2, 0) is 87.2 Å². The van der Waals surface area contributed by atoms with Gasteiger partial charge in [0, 0.05) is 66.4 Å². The molecular weight excluding hydrogens is 1490 g/mol. The lowest BCUT2D eigenvalue weighted by atomic mass is 10.2. The van der Waals surface area contributed by atoms with Gasteiger partial charge in [0.05, 0.1) is 45.2 Å². The molecule has 16 N–H and O–H groups in total. The van der Waals surface area contributed by atoms with Crippen LogP contribution in [0.25, 0.3) is 22.3 Å². The Hall–Kier alpha value is -7.44. The Morgan fingerprint density at radius 1 is 0.505 bits per heavy atom. The number of H-pyrrole nitrogens is 4. The average Bonchev–Trinajstić information content (AvgIpc) is 1.62. The standard InChI is InChI=1S/C49H62N17O32P5/c1-19-10-63(48(73)60-41(19)68)32-5-21(67)26(90-32)13-86-100(77,78)97-24-8-35(65-17-53-37-39(65)56-45(51)58-43(37)70)93-29(24)15-89-103(83,84)98-25-9-36(66-18-54-38-40(66)57-46(52)59-44(38)71)94-30(25)16-88-102(81,82)96-23-7-34(64-11-20(2)42(69)61-49(64)74)92-28(23)14-87-101(79,80)95-22-6-33(91-27(22)12-85-99(75)76)62-4-3-31(50)55-47(62)72/h3-4,10-11,17-18,21-30,32-36,67H,5-9,12-16H2,1-2H3,(H14-,50,51,52,55,56,57,58,59,60,61,68,69,70,71,72,73,74,75,76,77,78,79,80,81,82,83,84)/p+1/t21-,22-,23-,24-,25-,26+,27+,28+,29+,30+,32+,33+,34+,35+,36+/m0/s1. The van der Waals surface area contributed by atoms with E-state index in [1.807, 2.05) is 0 Å². The third kappa shape index (κ3) is 17.3. The Labute approximate surface area is 572 Å². The van der Waals surface area contributed by atoms with E-state index in [4.69, 9.17) is 81.6 Å². The molecule has 54 heteroatoms. The van der Waals surface area contributed by atoms with Gasteiger partial charge in [0.25, 0.3) is 22.2 Å². The molecule has 0 aliphatic carbocycles. The van der Waals surface area contributed by atoms with Crippen molar-refractivity contribution in [3.05, 3.63) is 121 Å². The largest absolute Gasteiger partial charge is 0.694 e. The number of anilines is 3. The van der Waals surface area contributed by atoms with E-state index in [-0.39, 0.29) is 57.6 Å². The number of imidazole rings is 2. The minimum absolute atomic E-state index is 0.0179. The summed E-state index contributed by atoms with van der Waals surface area (Å²) in [6.07, 6.45) is -19.3. The number of nitrogen functional groups attached to an aromatic ring is 3. The normalized spacial score (nSPS) is 29.1. The fourth-order valence-electron chi connectivity index (χ4n) is 11.7. The van der Waals surface area contributed by atoms with Crippen LogP contribution >= 0.6 is 39.5 Å². The van der Waals surface area contributed by atoms with E-state index < -0.39 is 230 Å². The van der Waals surface area contributed by atoms with Crippen molar-refractivity contribution in [3.8, 4) is 0 Å². The van der Waals surface area contributed by atoms with Crippen LogP contribution in [0.5, 0.6) is 0 Å². The summed E-state index contributed by atoms with van der Waals surface area (Å²) < 4.78 is 151. The number of rotatable bonds is 28. The maximum atomic E-state index is 14.3. The highest BCUT2D eigenvalue weighted by Gasteiger charge is 2.50. The molecule has 7 aromatic rings. The molecule has 5 saturated heterocycles. The quantitative estimate of drug-likeness (QED) is 0.0225. The predicted molar refractivity (Wildman–Crippen MR) is 337 cm³/mol. The van der Waals surface area contributed by atoms with E-state index in [9.17, 15) is 86.0 Å². The van der Waals surface area contributed by atoms with E-state index in [0.717, 1.165) is 37.1 Å². The van der Waals surface area contributed by atoms with Gasteiger partial charge in [-0.25, -0.2) is 42.6 Å². The van der Waals surface area contributed by atoms with Gasteiger partial charge in [0.2, 0.25) is 11.9 Å². The van der Waals surface area contributed by atoms with Crippen molar-refractivity contribution < 1.29 is 117 Å². The van der Waals surface area contributed by atoms with Crippen LogP contribution < -0.4 is 56.5 Å². The van der Waals surface area contributed by atoms with Crippen LogP contribution in [0.15, 0.2) is 70.9 Å². The zero-order valence-corrected chi connectivity index (χ0v) is 57.4. The Morgan fingerprint density at radius 2 is 0.854 bits per heavy atom. The molecular formula is C49H63N17O32P5+. The predicted octanol–water partition coefficient (Wildman–Crippen LogP) is -2.55. The average molecular weight is 1560 g/mol. The third-order valence-electron chi connectivity index (χ3n) is 16.6. The summed E-state index contributed by atoms with van der Waals surface area (Å²) in [6.45, 7) is -2.07. The lowest BCUT2D eigenvalue weighted by molar-refractivity contribution is -0.0637. The summed E-state index contributed by atoms with van der Waals surface area (Å²) in [4.78, 5) is 172. The molecule has 0 amide bonds. The van der Waals surface area contributed by atoms with Gasteiger partial charge in [-0.3, -0.25) is 98.1 Å². The number of fused-ring (bicyclic) bond motifs is 2. The molecule has 0 saturated carbocycles. The van der Waals surface area contributed by atoms with E-state index >= 15 is 0 Å². The fraction of sp³-hybridized carbons (Fsp3) is 0.551. The highest BCUT2D eigenvalue weighted by atomic mass is 31.2. The maximum Gasteiger partial charge on any atom is 0.694 e. The Balaban J connectivity index is 0.756. The summed E-state index contributed by atoms with van der Waals surface area (Å²) >= 11 is 0. The number of aromatic amines is 4. The van der Waals surface area contributed by atoms with E-state index in [1.54, 1.807) is 0 Å². The summed E-state index contributed by atoms with van der Waals surface area (Å²) in [5.41, 5.74) is 10.7. The maximum absolute atomic E-state index is 14.3. The minimum Gasteiger partial charge on any atom is -0.390 e. The fourth-order valence-corrected chi connectivity index (χ4v) is 15.8. The van der Waals surface area contributed by atoms with Gasteiger partial charge in [-0.1, -0.05) is 0 Å². The zero-order chi connectivity index (χ0) is 73.9. The number of nitrogens with two attached hydrogens (primary N) is 3. The number of ether oxygens (including phenoxy) is 5. The van der Waals surface area contributed by atoms with Crippen molar-refractivity contribution in [3.63, 3.8) is 0 Å². The number of phosphoric acid groups is 4. The monoisotopic (exact) mass is 1560 g/mol. The zero-order valence-electron chi connectivity index (χ0n) is 52.9. The molecule has 12 heterocycles. The highest BCUT2D eigenvalue weighted by Crippen LogP contribution is 2.55. The minimum atomic E-state index is -5.59. The molecule has 49 nitrogen and oxygen atoms in total. The molecule has 0 radical (unpaired) electrons. The van der Waals surface area contributed by atoms with Gasteiger partial charge >= 0.3 is 56.6 Å². The van der Waals surface area contributed by atoms with Gasteiger partial charge in [-0.2, -0.15) is 15.0 Å². The lowest BCUT2D eigenvalue weighted by Crippen LogP contribution is -2.33. The first-order chi connectivity index (χ1) is 48.5. The number of nitrogens with zero attached hydrogens (tertiary/aromatic N) is 10. The van der Waals surface area contributed by atoms with Gasteiger partial charge in [-0.15, -0.1) is 9.42 Å². The number of aryl methyl sites for hydroxylation is 2. The van der Waals surface area contributed by atoms with Crippen LogP contribution in [0.1, 0.15) is 74.4 Å².